The third-order valence-electron chi connectivity index (χ3n) is 4.23. The number of phenols is 1. The Bertz CT molecular complexity index is 863. The second-order valence-electron chi connectivity index (χ2n) is 5.91. The van der Waals surface area contributed by atoms with Crippen LogP contribution in [0.15, 0.2) is 24.4 Å². The first-order valence-electron chi connectivity index (χ1n) is 8.58. The first-order chi connectivity index (χ1) is 13.1. The number of aldehydes is 1. The summed E-state index contributed by atoms with van der Waals surface area (Å²) in [7, 11) is 1.50. The smallest absolute Gasteiger partial charge is 0.236 e. The van der Waals surface area contributed by atoms with Gasteiger partial charge in [0.1, 0.15) is 24.0 Å². The van der Waals surface area contributed by atoms with E-state index in [0.29, 0.717) is 36.0 Å². The number of nitriles is 1. The third-order valence-corrected chi connectivity index (χ3v) is 4.23. The molecule has 1 atom stereocenters. The number of benzene rings is 1. The Labute approximate surface area is 157 Å². The number of fused-ring (bicyclic) bond motifs is 1. The maximum Gasteiger partial charge on any atom is 0.236 e. The van der Waals surface area contributed by atoms with Crippen molar-refractivity contribution in [2.45, 2.75) is 25.4 Å². The Kier molecular flexibility index (Phi) is 7.08. The van der Waals surface area contributed by atoms with E-state index in [1.54, 1.807) is 17.2 Å². The highest BCUT2D eigenvalue weighted by Crippen LogP contribution is 2.31. The lowest BCUT2D eigenvalue weighted by atomic mass is 10.1. The Morgan fingerprint density at radius 3 is 3.00 bits per heavy atom. The molecule has 1 saturated heterocycles. The number of carbonyl (C=O) groups excluding carboxylic acids is 2. The number of nitrogens with zero attached hydrogens (tertiary/aromatic N) is 3. The van der Waals surface area contributed by atoms with E-state index in [-0.39, 0.29) is 29.7 Å². The second kappa shape index (κ2) is 9.50. The molecule has 0 radical (unpaired) electrons. The molecule has 0 aliphatic carbocycles. The number of nitrogens with two attached hydrogens (primary N) is 1. The Morgan fingerprint density at radius 1 is 1.52 bits per heavy atom. The zero-order chi connectivity index (χ0) is 19.8. The maximum atomic E-state index is 11.9. The summed E-state index contributed by atoms with van der Waals surface area (Å²) in [6.45, 7) is 1.05. The Morgan fingerprint density at radius 2 is 2.30 bits per heavy atom. The van der Waals surface area contributed by atoms with E-state index in [9.17, 15) is 14.7 Å². The van der Waals surface area contributed by atoms with Crippen LogP contribution in [0.5, 0.6) is 11.5 Å². The molecule has 3 N–H and O–H groups in total. The number of hydrogen-bond acceptors (Lipinski definition) is 7. The summed E-state index contributed by atoms with van der Waals surface area (Å²) in [6, 6.07) is 6.54. The molecule has 1 amide bonds. The molecule has 0 spiro atoms. The molecule has 1 aromatic carbocycles. The largest absolute Gasteiger partial charge is 0.507 e. The molecule has 1 fully saturated rings. The minimum absolute atomic E-state index is 0.130. The highest BCUT2D eigenvalue weighted by atomic mass is 16.5. The molecule has 8 heteroatoms. The SMILES string of the molecule is CN.N#CCC(=O)N1CCCC(Oc2ccnc3cc(C=O)c(O)cc23)C1. The molecule has 8 nitrogen and oxygen atoms in total. The number of carbonyl (C=O) groups is 2. The number of rotatable bonds is 4. The van der Waals surface area contributed by atoms with Crippen LogP contribution in [0, 0.1) is 11.3 Å². The fourth-order valence-corrected chi connectivity index (χ4v) is 2.99. The van der Waals surface area contributed by atoms with Gasteiger partial charge in [0.25, 0.3) is 0 Å². The van der Waals surface area contributed by atoms with Crippen molar-refractivity contribution >= 4 is 23.1 Å². The van der Waals surface area contributed by atoms with Gasteiger partial charge in [-0.2, -0.15) is 5.26 Å². The predicted molar refractivity (Wildman–Crippen MR) is 99.4 cm³/mol. The lowest BCUT2D eigenvalue weighted by molar-refractivity contribution is -0.132. The fraction of sp³-hybridized carbons (Fsp3) is 0.368. The van der Waals surface area contributed by atoms with E-state index in [1.807, 2.05) is 6.07 Å². The molecule has 3 rings (SSSR count). The topological polar surface area (TPSA) is 130 Å². The van der Waals surface area contributed by atoms with Crippen LogP contribution >= 0.6 is 0 Å². The third kappa shape index (κ3) is 4.71. The molecule has 2 aromatic rings. The van der Waals surface area contributed by atoms with Crippen molar-refractivity contribution in [3.63, 3.8) is 0 Å². The van der Waals surface area contributed by atoms with Gasteiger partial charge < -0.3 is 20.5 Å². The number of hydrogen-bond donors (Lipinski definition) is 2. The van der Waals surface area contributed by atoms with E-state index < -0.39 is 0 Å². The first kappa shape index (κ1) is 20.1. The number of ether oxygens (including phenoxy) is 1. The molecular formula is C19H22N4O4. The van der Waals surface area contributed by atoms with Crippen molar-refractivity contribution < 1.29 is 19.4 Å². The molecule has 1 aromatic heterocycles. The minimum atomic E-state index is -0.199. The van der Waals surface area contributed by atoms with E-state index >= 15 is 0 Å². The number of amides is 1. The van der Waals surface area contributed by atoms with Gasteiger partial charge in [-0.1, -0.05) is 0 Å². The molecule has 2 heterocycles. The summed E-state index contributed by atoms with van der Waals surface area (Å²) in [4.78, 5) is 28.7. The molecule has 0 bridgehead atoms. The first-order valence-corrected chi connectivity index (χ1v) is 8.58. The van der Waals surface area contributed by atoms with Crippen LogP contribution in [0.2, 0.25) is 0 Å². The molecule has 27 heavy (non-hydrogen) atoms. The summed E-state index contributed by atoms with van der Waals surface area (Å²) in [6.07, 6.45) is 3.40. The Balaban J connectivity index is 0.00000126. The van der Waals surface area contributed by atoms with Gasteiger partial charge in [0, 0.05) is 18.1 Å². The summed E-state index contributed by atoms with van der Waals surface area (Å²) in [5.41, 5.74) is 5.22. The lowest BCUT2D eigenvalue weighted by Crippen LogP contribution is -2.44. The van der Waals surface area contributed by atoms with E-state index in [4.69, 9.17) is 10.00 Å². The highest BCUT2D eigenvalue weighted by Gasteiger charge is 2.25. The van der Waals surface area contributed by atoms with Crippen LogP contribution in [-0.2, 0) is 4.79 Å². The minimum Gasteiger partial charge on any atom is -0.507 e. The molecular weight excluding hydrogens is 348 g/mol. The standard InChI is InChI=1S/C18H17N3O4.CH5N/c19-5-3-18(24)21-7-1-2-13(10-21)25-17-4-6-20-15-8-12(11-22)16(23)9-14(15)17;1-2/h4,6,8-9,11,13,23H,1-3,7,10H2;2H2,1H3. The number of likely N-dealkylation sites (tertiary alicyclic amines) is 1. The second-order valence-corrected chi connectivity index (χ2v) is 5.91. The predicted octanol–water partition coefficient (Wildman–Crippen LogP) is 1.61. The fourth-order valence-electron chi connectivity index (χ4n) is 2.99. The van der Waals surface area contributed by atoms with Gasteiger partial charge in [-0.05, 0) is 38.1 Å². The zero-order valence-corrected chi connectivity index (χ0v) is 15.1. The summed E-state index contributed by atoms with van der Waals surface area (Å²) >= 11 is 0. The van der Waals surface area contributed by atoms with E-state index in [1.165, 1.54) is 19.2 Å². The molecule has 142 valence electrons. The van der Waals surface area contributed by atoms with Gasteiger partial charge in [-0.15, -0.1) is 0 Å². The van der Waals surface area contributed by atoms with Gasteiger partial charge in [0.15, 0.2) is 6.29 Å². The number of aromatic nitrogens is 1. The van der Waals surface area contributed by atoms with Crippen LogP contribution in [0.3, 0.4) is 0 Å². The van der Waals surface area contributed by atoms with Crippen molar-refractivity contribution in [3.8, 4) is 17.6 Å². The highest BCUT2D eigenvalue weighted by molar-refractivity contribution is 5.93. The monoisotopic (exact) mass is 370 g/mol. The molecule has 0 saturated carbocycles. The van der Waals surface area contributed by atoms with Gasteiger partial charge in [0.2, 0.25) is 5.91 Å². The summed E-state index contributed by atoms with van der Waals surface area (Å²) in [5, 5.41) is 19.2. The number of phenolic OH excluding ortho intramolecular Hbond substituents is 1. The quantitative estimate of drug-likeness (QED) is 0.782. The van der Waals surface area contributed by atoms with Crippen LogP contribution < -0.4 is 10.5 Å². The Hall–Kier alpha value is -3.18. The van der Waals surface area contributed by atoms with Crippen LogP contribution in [0.1, 0.15) is 29.6 Å². The van der Waals surface area contributed by atoms with Crippen LogP contribution in [0.4, 0.5) is 0 Å². The van der Waals surface area contributed by atoms with Gasteiger partial charge >= 0.3 is 0 Å². The van der Waals surface area contributed by atoms with Crippen molar-refractivity contribution in [2.75, 3.05) is 20.1 Å². The summed E-state index contributed by atoms with van der Waals surface area (Å²) in [5.74, 6) is 0.218. The van der Waals surface area contributed by atoms with Crippen molar-refractivity contribution in [2.24, 2.45) is 5.73 Å². The average molecular weight is 370 g/mol. The number of piperidine rings is 1. The van der Waals surface area contributed by atoms with Gasteiger partial charge in [-0.25, -0.2) is 0 Å². The van der Waals surface area contributed by atoms with Gasteiger partial charge in [-0.3, -0.25) is 14.6 Å². The van der Waals surface area contributed by atoms with Crippen LogP contribution in [-0.4, -0.2) is 53.4 Å². The zero-order valence-electron chi connectivity index (χ0n) is 15.1. The number of aromatic hydroxyl groups is 1. The molecule has 1 aliphatic heterocycles. The van der Waals surface area contributed by atoms with E-state index in [0.717, 1.165) is 12.8 Å². The molecule has 1 aliphatic rings. The van der Waals surface area contributed by atoms with Crippen molar-refractivity contribution in [3.05, 3.63) is 30.0 Å². The summed E-state index contributed by atoms with van der Waals surface area (Å²) < 4.78 is 6.04. The normalized spacial score (nSPS) is 16.0. The average Bonchev–Trinajstić information content (AvgIpc) is 2.70. The molecule has 1 unspecified atom stereocenters. The van der Waals surface area contributed by atoms with Crippen molar-refractivity contribution in [1.29, 1.82) is 5.26 Å². The lowest BCUT2D eigenvalue weighted by Gasteiger charge is -2.32. The van der Waals surface area contributed by atoms with Crippen molar-refractivity contribution in [1.82, 2.24) is 9.88 Å². The van der Waals surface area contributed by atoms with E-state index in [2.05, 4.69) is 10.7 Å². The van der Waals surface area contributed by atoms with Crippen LogP contribution in [0.25, 0.3) is 10.9 Å². The number of pyridine rings is 1. The maximum absolute atomic E-state index is 11.9. The van der Waals surface area contributed by atoms with Gasteiger partial charge in [0.05, 0.1) is 23.7 Å².